The molecule has 0 bridgehead atoms. The number of hydrogen-bond donors (Lipinski definition) is 0. The van der Waals surface area contributed by atoms with Gasteiger partial charge >= 0.3 is 0 Å². The lowest BCUT2D eigenvalue weighted by atomic mass is 9.94. The number of benzene rings is 1. The lowest BCUT2D eigenvalue weighted by molar-refractivity contribution is -0.116. The Bertz CT molecular complexity index is 745. The van der Waals surface area contributed by atoms with Crippen molar-refractivity contribution in [3.05, 3.63) is 41.0 Å². The summed E-state index contributed by atoms with van der Waals surface area (Å²) in [6.07, 6.45) is 1.48. The molecule has 2 aromatic rings. The number of anilines is 1. The minimum absolute atomic E-state index is 0.186. The smallest absolute Gasteiger partial charge is 0.266 e. The topological polar surface area (TPSA) is 63.9 Å². The Labute approximate surface area is 135 Å². The average molecular weight is 311 g/mol. The van der Waals surface area contributed by atoms with Crippen LogP contribution in [0.2, 0.25) is 0 Å². The highest BCUT2D eigenvalue weighted by Gasteiger charge is 2.21. The third kappa shape index (κ3) is 3.47. The predicted molar refractivity (Wildman–Crippen MR) is 89.0 cm³/mol. The van der Waals surface area contributed by atoms with E-state index in [0.717, 1.165) is 25.1 Å². The third-order valence-corrected chi connectivity index (χ3v) is 4.16. The molecular weight excluding hydrogens is 290 g/mol. The van der Waals surface area contributed by atoms with Crippen molar-refractivity contribution in [3.8, 4) is 0 Å². The Morgan fingerprint density at radius 3 is 2.61 bits per heavy atom. The molecule has 1 aliphatic heterocycles. The fourth-order valence-corrected chi connectivity index (χ4v) is 2.88. The highest BCUT2D eigenvalue weighted by Crippen LogP contribution is 2.28. The maximum Gasteiger partial charge on any atom is 0.266 e. The number of carbonyl (C=O) groups excluding carboxylic acids is 1. The summed E-state index contributed by atoms with van der Waals surface area (Å²) in [7, 11) is 1.77. The molecule has 0 saturated heterocycles. The summed E-state index contributed by atoms with van der Waals surface area (Å²) in [5, 5.41) is 12.3. The quantitative estimate of drug-likeness (QED) is 0.864. The second-order valence-electron chi connectivity index (χ2n) is 6.09. The number of ketones is 1. The van der Waals surface area contributed by atoms with Gasteiger partial charge < -0.3 is 4.90 Å². The van der Waals surface area contributed by atoms with E-state index < -0.39 is 0 Å². The minimum Gasteiger partial charge on any atom is -0.334 e. The number of hydrogen-bond acceptors (Lipinski definition) is 5. The van der Waals surface area contributed by atoms with E-state index >= 15 is 0 Å². The number of aryl methyl sites for hydroxylation is 1. The largest absolute Gasteiger partial charge is 0.334 e. The molecule has 0 radical (unpaired) electrons. The van der Waals surface area contributed by atoms with Gasteiger partial charge in [0.05, 0.1) is 7.05 Å². The van der Waals surface area contributed by atoms with Crippen molar-refractivity contribution >= 4 is 17.3 Å². The molecular formula is C17H21N5O. The molecule has 23 heavy (non-hydrogen) atoms. The molecule has 0 fully saturated rings. The van der Waals surface area contributed by atoms with Gasteiger partial charge in [0.2, 0.25) is 0 Å². The van der Waals surface area contributed by atoms with Crippen LogP contribution in [0.4, 0.5) is 5.95 Å². The highest BCUT2D eigenvalue weighted by molar-refractivity contribution is 5.79. The van der Waals surface area contributed by atoms with Crippen LogP contribution in [-0.2, 0) is 18.3 Å². The number of rotatable bonds is 4. The summed E-state index contributed by atoms with van der Waals surface area (Å²) >= 11 is 0. The average Bonchev–Trinajstić information content (AvgIpc) is 2.95. The van der Waals surface area contributed by atoms with E-state index in [-0.39, 0.29) is 5.78 Å². The van der Waals surface area contributed by atoms with Gasteiger partial charge in [-0.05, 0) is 42.2 Å². The first-order valence-electron chi connectivity index (χ1n) is 7.79. The van der Waals surface area contributed by atoms with Crippen LogP contribution in [-0.4, -0.2) is 39.1 Å². The van der Waals surface area contributed by atoms with Crippen LogP contribution < -0.4 is 4.90 Å². The van der Waals surface area contributed by atoms with Crippen molar-refractivity contribution in [2.24, 2.45) is 7.05 Å². The zero-order valence-electron chi connectivity index (χ0n) is 13.8. The lowest BCUT2D eigenvalue weighted by Crippen LogP contribution is -2.31. The third-order valence-electron chi connectivity index (χ3n) is 4.16. The van der Waals surface area contributed by atoms with Crippen molar-refractivity contribution in [2.45, 2.75) is 26.7 Å². The van der Waals surface area contributed by atoms with E-state index in [0.29, 0.717) is 12.4 Å². The van der Waals surface area contributed by atoms with Crippen molar-refractivity contribution in [2.75, 3.05) is 18.0 Å². The zero-order chi connectivity index (χ0) is 16.4. The molecule has 1 aromatic carbocycles. The summed E-state index contributed by atoms with van der Waals surface area (Å²) in [5.74, 6) is 0.858. The molecule has 0 atom stereocenters. The first-order valence-corrected chi connectivity index (χ1v) is 7.79. The van der Waals surface area contributed by atoms with Crippen LogP contribution in [0, 0.1) is 0 Å². The van der Waals surface area contributed by atoms with Gasteiger partial charge in [0.25, 0.3) is 5.95 Å². The van der Waals surface area contributed by atoms with Crippen LogP contribution >= 0.6 is 0 Å². The standard InChI is InChI=1S/C17H21N5O/c1-12-8-9-22(17-18-20-21(3)19-17)11-16(12)15-6-4-14(5-7-15)10-13(2)23/h4-7H,8-11H2,1-3H3. The maximum atomic E-state index is 11.2. The Balaban J connectivity index is 1.81. The van der Waals surface area contributed by atoms with E-state index in [1.807, 2.05) is 12.1 Å². The number of tetrazole rings is 1. The molecule has 0 spiro atoms. The molecule has 1 aromatic heterocycles. The maximum absolute atomic E-state index is 11.2. The van der Waals surface area contributed by atoms with Gasteiger partial charge in [-0.15, -0.1) is 5.10 Å². The van der Waals surface area contributed by atoms with Crippen molar-refractivity contribution in [1.29, 1.82) is 0 Å². The van der Waals surface area contributed by atoms with Gasteiger partial charge in [0.1, 0.15) is 5.78 Å². The summed E-state index contributed by atoms with van der Waals surface area (Å²) in [6.45, 7) is 5.49. The van der Waals surface area contributed by atoms with E-state index in [2.05, 4.69) is 39.4 Å². The Morgan fingerprint density at radius 2 is 2.00 bits per heavy atom. The first kappa shape index (κ1) is 15.4. The molecule has 0 N–H and O–H groups in total. The zero-order valence-corrected chi connectivity index (χ0v) is 13.8. The van der Waals surface area contributed by atoms with Gasteiger partial charge in [-0.2, -0.15) is 4.80 Å². The van der Waals surface area contributed by atoms with E-state index in [4.69, 9.17) is 0 Å². The normalized spacial score (nSPS) is 15.2. The van der Waals surface area contributed by atoms with Gasteiger partial charge in [0, 0.05) is 19.5 Å². The molecule has 0 amide bonds. The fourth-order valence-electron chi connectivity index (χ4n) is 2.88. The van der Waals surface area contributed by atoms with Crippen LogP contribution in [0.25, 0.3) is 5.57 Å². The number of aromatic nitrogens is 4. The van der Waals surface area contributed by atoms with Crippen LogP contribution in [0.5, 0.6) is 0 Å². The summed E-state index contributed by atoms with van der Waals surface area (Å²) in [6, 6.07) is 8.28. The van der Waals surface area contributed by atoms with Gasteiger partial charge in [0.15, 0.2) is 0 Å². The number of carbonyl (C=O) groups is 1. The molecule has 1 aliphatic rings. The van der Waals surface area contributed by atoms with Crippen molar-refractivity contribution in [3.63, 3.8) is 0 Å². The fraction of sp³-hybridized carbons (Fsp3) is 0.412. The predicted octanol–water partition coefficient (Wildman–Crippen LogP) is 2.03. The number of nitrogens with zero attached hydrogens (tertiary/aromatic N) is 5. The van der Waals surface area contributed by atoms with Gasteiger partial charge in [-0.1, -0.05) is 34.9 Å². The second kappa shape index (κ2) is 6.32. The van der Waals surface area contributed by atoms with Crippen LogP contribution in [0.3, 0.4) is 0 Å². The molecule has 0 unspecified atom stereocenters. The van der Waals surface area contributed by atoms with Gasteiger partial charge in [-0.3, -0.25) is 4.79 Å². The molecule has 0 saturated carbocycles. The molecule has 6 heteroatoms. The lowest BCUT2D eigenvalue weighted by Gasteiger charge is -2.29. The minimum atomic E-state index is 0.186. The molecule has 3 rings (SSSR count). The molecule has 120 valence electrons. The van der Waals surface area contributed by atoms with Gasteiger partial charge in [-0.25, -0.2) is 0 Å². The SMILES string of the molecule is CC(=O)Cc1ccc(C2=C(C)CCN(c3nnn(C)n3)C2)cc1. The number of Topliss-reactive ketones (excluding diaryl/α,β-unsaturated/α-hetero) is 1. The Morgan fingerprint density at radius 1 is 1.26 bits per heavy atom. The van der Waals surface area contributed by atoms with E-state index in [1.165, 1.54) is 21.5 Å². The van der Waals surface area contributed by atoms with Crippen molar-refractivity contribution < 1.29 is 4.79 Å². The summed E-state index contributed by atoms with van der Waals surface area (Å²) < 4.78 is 0. The summed E-state index contributed by atoms with van der Waals surface area (Å²) in [4.78, 5) is 14.9. The van der Waals surface area contributed by atoms with E-state index in [1.54, 1.807) is 14.0 Å². The first-order chi connectivity index (χ1) is 11.0. The van der Waals surface area contributed by atoms with Crippen molar-refractivity contribution in [1.82, 2.24) is 20.2 Å². The summed E-state index contributed by atoms with van der Waals surface area (Å²) in [5.41, 5.74) is 4.95. The van der Waals surface area contributed by atoms with Crippen LogP contribution in [0.1, 0.15) is 31.4 Å². The molecule has 2 heterocycles. The highest BCUT2D eigenvalue weighted by atomic mass is 16.1. The monoisotopic (exact) mass is 311 g/mol. The molecule has 0 aliphatic carbocycles. The van der Waals surface area contributed by atoms with Crippen LogP contribution in [0.15, 0.2) is 29.8 Å². The molecule has 6 nitrogen and oxygen atoms in total. The Kier molecular flexibility index (Phi) is 4.23. The van der Waals surface area contributed by atoms with E-state index in [9.17, 15) is 4.79 Å². The second-order valence-corrected chi connectivity index (χ2v) is 6.09. The Hall–Kier alpha value is -2.50.